The van der Waals surface area contributed by atoms with Gasteiger partial charge in [0.15, 0.2) is 0 Å². The smallest absolute Gasteiger partial charge is 0.318 e. The molecule has 2 amide bonds. The minimum absolute atomic E-state index is 0.0863. The Labute approximate surface area is 144 Å². The van der Waals surface area contributed by atoms with E-state index < -0.39 is 0 Å². The summed E-state index contributed by atoms with van der Waals surface area (Å²) in [7, 11) is 0. The molecule has 4 rings (SSSR count). The summed E-state index contributed by atoms with van der Waals surface area (Å²) in [5.74, 6) is 1.54. The second-order valence-corrected chi connectivity index (χ2v) is 7.64. The number of carbonyl (C=O) groups excluding carboxylic acids is 1. The molecule has 0 spiro atoms. The summed E-state index contributed by atoms with van der Waals surface area (Å²) < 4.78 is 5.61. The highest BCUT2D eigenvalue weighted by Crippen LogP contribution is 2.32. The van der Waals surface area contributed by atoms with Gasteiger partial charge in [-0.25, -0.2) is 4.79 Å². The van der Waals surface area contributed by atoms with Crippen LogP contribution in [0, 0.1) is 5.92 Å². The Morgan fingerprint density at radius 2 is 2.08 bits per heavy atom. The number of urea groups is 1. The van der Waals surface area contributed by atoms with Gasteiger partial charge < -0.3 is 19.5 Å². The molecule has 1 aliphatic carbocycles. The molecule has 24 heavy (non-hydrogen) atoms. The van der Waals surface area contributed by atoms with Crippen molar-refractivity contribution in [2.75, 3.05) is 26.2 Å². The van der Waals surface area contributed by atoms with Gasteiger partial charge in [0, 0.05) is 25.7 Å². The maximum atomic E-state index is 12.8. The third kappa shape index (κ3) is 3.61. The Morgan fingerprint density at radius 1 is 1.17 bits per heavy atom. The van der Waals surface area contributed by atoms with Gasteiger partial charge >= 0.3 is 6.03 Å². The maximum absolute atomic E-state index is 12.8. The zero-order valence-electron chi connectivity index (χ0n) is 14.5. The molecule has 1 saturated carbocycles. The molecule has 0 aromatic carbocycles. The summed E-state index contributed by atoms with van der Waals surface area (Å²) in [5.41, 5.74) is 0. The number of amides is 2. The lowest BCUT2D eigenvalue weighted by Gasteiger charge is -2.29. The van der Waals surface area contributed by atoms with E-state index >= 15 is 0 Å². The first kappa shape index (κ1) is 16.0. The molecule has 0 radical (unpaired) electrons. The van der Waals surface area contributed by atoms with Gasteiger partial charge in [-0.05, 0) is 56.7 Å². The van der Waals surface area contributed by atoms with Crippen LogP contribution in [0.3, 0.4) is 0 Å². The highest BCUT2D eigenvalue weighted by atomic mass is 16.3. The summed E-state index contributed by atoms with van der Waals surface area (Å²) in [6.07, 6.45) is 10.1. The van der Waals surface area contributed by atoms with Crippen molar-refractivity contribution in [3.05, 3.63) is 24.2 Å². The molecule has 1 aromatic rings. The SMILES string of the molecule is O=C(NCC1CCN(C2CC2)C1)N1CCCCCC1c1ccco1. The number of carbonyl (C=O) groups is 1. The first-order valence-electron chi connectivity index (χ1n) is 9.63. The van der Waals surface area contributed by atoms with Gasteiger partial charge in [0.1, 0.15) is 5.76 Å². The quantitative estimate of drug-likeness (QED) is 0.920. The fraction of sp³-hybridized carbons (Fsp3) is 0.737. The minimum Gasteiger partial charge on any atom is -0.467 e. The van der Waals surface area contributed by atoms with Crippen LogP contribution in [0.25, 0.3) is 0 Å². The highest BCUT2D eigenvalue weighted by Gasteiger charge is 2.35. The van der Waals surface area contributed by atoms with E-state index in [1.165, 1.54) is 32.2 Å². The lowest BCUT2D eigenvalue weighted by atomic mass is 10.1. The average Bonchev–Trinajstić information content (AvgIpc) is 3.19. The van der Waals surface area contributed by atoms with Crippen molar-refractivity contribution in [1.29, 1.82) is 0 Å². The predicted octanol–water partition coefficient (Wildman–Crippen LogP) is 3.39. The van der Waals surface area contributed by atoms with E-state index in [-0.39, 0.29) is 12.1 Å². The van der Waals surface area contributed by atoms with Crippen molar-refractivity contribution in [3.8, 4) is 0 Å². The van der Waals surface area contributed by atoms with E-state index in [2.05, 4.69) is 10.2 Å². The zero-order chi connectivity index (χ0) is 16.4. The minimum atomic E-state index is 0.0863. The van der Waals surface area contributed by atoms with E-state index in [4.69, 9.17) is 4.42 Å². The van der Waals surface area contributed by atoms with E-state index in [9.17, 15) is 4.79 Å². The summed E-state index contributed by atoms with van der Waals surface area (Å²) >= 11 is 0. The largest absolute Gasteiger partial charge is 0.467 e. The van der Waals surface area contributed by atoms with Gasteiger partial charge in [0.05, 0.1) is 12.3 Å². The third-order valence-corrected chi connectivity index (χ3v) is 5.81. The molecule has 3 heterocycles. The fourth-order valence-corrected chi connectivity index (χ4v) is 4.26. The normalized spacial score (nSPS) is 28.8. The number of likely N-dealkylation sites (tertiary alicyclic amines) is 2. The van der Waals surface area contributed by atoms with Crippen LogP contribution in [0.1, 0.15) is 56.7 Å². The van der Waals surface area contributed by atoms with Crippen LogP contribution in [0.4, 0.5) is 4.79 Å². The monoisotopic (exact) mass is 331 g/mol. The molecule has 0 bridgehead atoms. The molecule has 2 atom stereocenters. The Morgan fingerprint density at radius 3 is 2.88 bits per heavy atom. The maximum Gasteiger partial charge on any atom is 0.318 e. The lowest BCUT2D eigenvalue weighted by Crippen LogP contribution is -2.44. The zero-order valence-corrected chi connectivity index (χ0v) is 14.5. The third-order valence-electron chi connectivity index (χ3n) is 5.81. The topological polar surface area (TPSA) is 48.7 Å². The summed E-state index contributed by atoms with van der Waals surface area (Å²) in [4.78, 5) is 17.4. The molecule has 2 unspecified atom stereocenters. The van der Waals surface area contributed by atoms with Crippen molar-refractivity contribution in [2.45, 2.75) is 57.0 Å². The van der Waals surface area contributed by atoms with Gasteiger partial charge in [-0.3, -0.25) is 0 Å². The van der Waals surface area contributed by atoms with Crippen LogP contribution in [0.15, 0.2) is 22.8 Å². The predicted molar refractivity (Wildman–Crippen MR) is 92.7 cm³/mol. The summed E-state index contributed by atoms with van der Waals surface area (Å²) in [5, 5.41) is 3.21. The first-order chi connectivity index (χ1) is 11.8. The molecular weight excluding hydrogens is 302 g/mol. The number of nitrogens with one attached hydrogen (secondary N) is 1. The van der Waals surface area contributed by atoms with E-state index in [1.54, 1.807) is 6.26 Å². The Balaban J connectivity index is 1.33. The molecule has 1 N–H and O–H groups in total. The van der Waals surface area contributed by atoms with Crippen LogP contribution in [0.5, 0.6) is 0 Å². The molecule has 2 aliphatic heterocycles. The molecule has 3 fully saturated rings. The summed E-state index contributed by atoms with van der Waals surface area (Å²) in [6, 6.07) is 4.94. The second-order valence-electron chi connectivity index (χ2n) is 7.64. The fourth-order valence-electron chi connectivity index (χ4n) is 4.26. The van der Waals surface area contributed by atoms with Crippen LogP contribution < -0.4 is 5.32 Å². The molecule has 3 aliphatic rings. The first-order valence-corrected chi connectivity index (χ1v) is 9.63. The Hall–Kier alpha value is -1.49. The number of nitrogens with zero attached hydrogens (tertiary/aromatic N) is 2. The number of hydrogen-bond donors (Lipinski definition) is 1. The van der Waals surface area contributed by atoms with E-state index in [1.807, 2.05) is 17.0 Å². The highest BCUT2D eigenvalue weighted by molar-refractivity contribution is 5.74. The molecule has 2 saturated heterocycles. The van der Waals surface area contributed by atoms with E-state index in [0.717, 1.165) is 50.7 Å². The van der Waals surface area contributed by atoms with Gasteiger partial charge in [0.25, 0.3) is 0 Å². The summed E-state index contributed by atoms with van der Waals surface area (Å²) in [6.45, 7) is 4.01. The van der Waals surface area contributed by atoms with E-state index in [0.29, 0.717) is 5.92 Å². The van der Waals surface area contributed by atoms with Crippen molar-refractivity contribution in [1.82, 2.24) is 15.1 Å². The van der Waals surface area contributed by atoms with Crippen molar-refractivity contribution >= 4 is 6.03 Å². The van der Waals surface area contributed by atoms with Crippen molar-refractivity contribution < 1.29 is 9.21 Å². The number of hydrogen-bond acceptors (Lipinski definition) is 3. The standard InChI is InChI=1S/C19H29N3O2/c23-19(20-13-15-9-11-21(14-15)16-7-8-16)22-10-3-1-2-5-17(22)18-6-4-12-24-18/h4,6,12,15-17H,1-3,5,7-11,13-14H2,(H,20,23). The van der Waals surface area contributed by atoms with Crippen LogP contribution in [-0.4, -0.2) is 48.1 Å². The van der Waals surface area contributed by atoms with Crippen LogP contribution >= 0.6 is 0 Å². The van der Waals surface area contributed by atoms with Gasteiger partial charge in [-0.1, -0.05) is 12.8 Å². The van der Waals surface area contributed by atoms with Gasteiger partial charge in [-0.15, -0.1) is 0 Å². The van der Waals surface area contributed by atoms with Crippen LogP contribution in [-0.2, 0) is 0 Å². The number of rotatable bonds is 4. The number of furan rings is 1. The second kappa shape index (κ2) is 7.18. The lowest BCUT2D eigenvalue weighted by molar-refractivity contribution is 0.164. The molecule has 5 nitrogen and oxygen atoms in total. The molecular formula is C19H29N3O2. The average molecular weight is 331 g/mol. The molecule has 5 heteroatoms. The molecule has 1 aromatic heterocycles. The Bertz CT molecular complexity index is 541. The van der Waals surface area contributed by atoms with Crippen molar-refractivity contribution in [3.63, 3.8) is 0 Å². The van der Waals surface area contributed by atoms with Crippen molar-refractivity contribution in [2.24, 2.45) is 5.92 Å². The molecule has 132 valence electrons. The van der Waals surface area contributed by atoms with Gasteiger partial charge in [0.2, 0.25) is 0 Å². The van der Waals surface area contributed by atoms with Crippen LogP contribution in [0.2, 0.25) is 0 Å². The Kier molecular flexibility index (Phi) is 4.79. The van der Waals surface area contributed by atoms with Gasteiger partial charge in [-0.2, -0.15) is 0 Å².